The average molecular weight is 271 g/mol. The Hall–Kier alpha value is -0.540. The lowest BCUT2D eigenvalue weighted by Gasteiger charge is -2.24. The van der Waals surface area contributed by atoms with E-state index in [0.717, 1.165) is 11.0 Å². The fourth-order valence-electron chi connectivity index (χ4n) is 1.74. The van der Waals surface area contributed by atoms with E-state index < -0.39 is 0 Å². The van der Waals surface area contributed by atoms with Gasteiger partial charge < -0.3 is 10.6 Å². The summed E-state index contributed by atoms with van der Waals surface area (Å²) in [5.74, 6) is 0.657. The highest BCUT2D eigenvalue weighted by molar-refractivity contribution is 9.10. The SMILES string of the molecule is CC(C)CN(C)c1ccc(Br)cc1CN. The Morgan fingerprint density at radius 1 is 1.40 bits per heavy atom. The Morgan fingerprint density at radius 3 is 2.60 bits per heavy atom. The van der Waals surface area contributed by atoms with Gasteiger partial charge in [0.2, 0.25) is 0 Å². The van der Waals surface area contributed by atoms with Crippen molar-refractivity contribution in [3.05, 3.63) is 28.2 Å². The number of benzene rings is 1. The zero-order valence-electron chi connectivity index (χ0n) is 9.63. The summed E-state index contributed by atoms with van der Waals surface area (Å²) in [6.07, 6.45) is 0. The summed E-state index contributed by atoms with van der Waals surface area (Å²) >= 11 is 3.46. The number of nitrogens with zero attached hydrogens (tertiary/aromatic N) is 1. The van der Waals surface area contributed by atoms with Crippen molar-refractivity contribution in [1.29, 1.82) is 0 Å². The van der Waals surface area contributed by atoms with Gasteiger partial charge in [-0.05, 0) is 29.7 Å². The van der Waals surface area contributed by atoms with E-state index in [1.807, 2.05) is 0 Å². The Bertz CT molecular complexity index is 323. The van der Waals surface area contributed by atoms with E-state index in [2.05, 4.69) is 59.9 Å². The summed E-state index contributed by atoms with van der Waals surface area (Å²) in [5, 5.41) is 0. The maximum Gasteiger partial charge on any atom is 0.0410 e. The van der Waals surface area contributed by atoms with Crippen LogP contribution in [0, 0.1) is 5.92 Å². The number of halogens is 1. The first-order valence-corrected chi connectivity index (χ1v) is 6.03. The first-order chi connectivity index (χ1) is 7.04. The zero-order valence-corrected chi connectivity index (χ0v) is 11.2. The molecule has 2 nitrogen and oxygen atoms in total. The molecule has 0 aromatic heterocycles. The van der Waals surface area contributed by atoms with Gasteiger partial charge in [0.1, 0.15) is 0 Å². The zero-order chi connectivity index (χ0) is 11.4. The third-order valence-corrected chi connectivity index (χ3v) is 2.80. The molecular formula is C12H19BrN2. The number of nitrogens with two attached hydrogens (primary N) is 1. The van der Waals surface area contributed by atoms with Crippen molar-refractivity contribution in [3.8, 4) is 0 Å². The molecule has 1 aromatic rings. The Labute approximate surface area is 101 Å². The fourth-order valence-corrected chi connectivity index (χ4v) is 2.14. The van der Waals surface area contributed by atoms with E-state index in [-0.39, 0.29) is 0 Å². The number of rotatable bonds is 4. The highest BCUT2D eigenvalue weighted by Gasteiger charge is 2.08. The van der Waals surface area contributed by atoms with E-state index in [4.69, 9.17) is 5.73 Å². The molecule has 0 aliphatic carbocycles. The van der Waals surface area contributed by atoms with Crippen molar-refractivity contribution in [2.75, 3.05) is 18.5 Å². The van der Waals surface area contributed by atoms with Crippen LogP contribution in [-0.4, -0.2) is 13.6 Å². The highest BCUT2D eigenvalue weighted by Crippen LogP contribution is 2.24. The molecule has 0 spiro atoms. The van der Waals surface area contributed by atoms with E-state index in [9.17, 15) is 0 Å². The Kier molecular flexibility index (Phi) is 4.61. The van der Waals surface area contributed by atoms with Gasteiger partial charge in [-0.3, -0.25) is 0 Å². The van der Waals surface area contributed by atoms with Crippen LogP contribution in [0.3, 0.4) is 0 Å². The number of anilines is 1. The smallest absolute Gasteiger partial charge is 0.0410 e. The second kappa shape index (κ2) is 5.52. The standard InChI is InChI=1S/C12H19BrN2/c1-9(2)8-15(3)12-5-4-11(13)6-10(12)7-14/h4-6,9H,7-8,14H2,1-3H3. The molecule has 0 amide bonds. The molecule has 0 bridgehead atoms. The molecule has 0 radical (unpaired) electrons. The molecule has 0 fully saturated rings. The second-order valence-electron chi connectivity index (χ2n) is 4.25. The Morgan fingerprint density at radius 2 is 2.07 bits per heavy atom. The topological polar surface area (TPSA) is 29.3 Å². The lowest BCUT2D eigenvalue weighted by molar-refractivity contribution is 0.637. The molecule has 15 heavy (non-hydrogen) atoms. The summed E-state index contributed by atoms with van der Waals surface area (Å²) in [6, 6.07) is 6.27. The molecular weight excluding hydrogens is 252 g/mol. The van der Waals surface area contributed by atoms with Crippen molar-refractivity contribution in [3.63, 3.8) is 0 Å². The van der Waals surface area contributed by atoms with Crippen molar-refractivity contribution in [1.82, 2.24) is 0 Å². The molecule has 3 heteroatoms. The van der Waals surface area contributed by atoms with E-state index in [1.54, 1.807) is 0 Å². The summed E-state index contributed by atoms with van der Waals surface area (Å²) < 4.78 is 1.09. The lowest BCUT2D eigenvalue weighted by atomic mass is 10.1. The van der Waals surface area contributed by atoms with Gasteiger partial charge >= 0.3 is 0 Å². The summed E-state index contributed by atoms with van der Waals surface area (Å²) in [4.78, 5) is 2.26. The fraction of sp³-hybridized carbons (Fsp3) is 0.500. The van der Waals surface area contributed by atoms with Crippen LogP contribution in [0.5, 0.6) is 0 Å². The summed E-state index contributed by atoms with van der Waals surface area (Å²) in [6.45, 7) is 6.07. The van der Waals surface area contributed by atoms with Gasteiger partial charge in [0.15, 0.2) is 0 Å². The lowest BCUT2D eigenvalue weighted by Crippen LogP contribution is -2.24. The van der Waals surface area contributed by atoms with E-state index in [1.165, 1.54) is 11.3 Å². The largest absolute Gasteiger partial charge is 0.374 e. The predicted molar refractivity (Wildman–Crippen MR) is 70.1 cm³/mol. The molecule has 2 N–H and O–H groups in total. The molecule has 0 aliphatic rings. The van der Waals surface area contributed by atoms with Crippen molar-refractivity contribution >= 4 is 21.6 Å². The second-order valence-corrected chi connectivity index (χ2v) is 5.17. The minimum absolute atomic E-state index is 0.581. The molecule has 0 saturated heterocycles. The van der Waals surface area contributed by atoms with Crippen LogP contribution in [0.1, 0.15) is 19.4 Å². The number of hydrogen-bond donors (Lipinski definition) is 1. The highest BCUT2D eigenvalue weighted by atomic mass is 79.9. The van der Waals surface area contributed by atoms with Crippen LogP contribution in [0.4, 0.5) is 5.69 Å². The van der Waals surface area contributed by atoms with Gasteiger partial charge in [-0.15, -0.1) is 0 Å². The number of hydrogen-bond acceptors (Lipinski definition) is 2. The van der Waals surface area contributed by atoms with Gasteiger partial charge in [-0.1, -0.05) is 29.8 Å². The van der Waals surface area contributed by atoms with Gasteiger partial charge in [-0.2, -0.15) is 0 Å². The first kappa shape index (κ1) is 12.5. The monoisotopic (exact) mass is 270 g/mol. The van der Waals surface area contributed by atoms with Crippen LogP contribution in [-0.2, 0) is 6.54 Å². The molecule has 0 atom stereocenters. The van der Waals surface area contributed by atoms with Crippen LogP contribution in [0.15, 0.2) is 22.7 Å². The molecule has 84 valence electrons. The van der Waals surface area contributed by atoms with Crippen LogP contribution in [0.2, 0.25) is 0 Å². The summed E-state index contributed by atoms with van der Waals surface area (Å²) in [5.41, 5.74) is 8.16. The van der Waals surface area contributed by atoms with Crippen LogP contribution in [0.25, 0.3) is 0 Å². The van der Waals surface area contributed by atoms with Crippen molar-refractivity contribution < 1.29 is 0 Å². The molecule has 1 aromatic carbocycles. The van der Waals surface area contributed by atoms with Crippen LogP contribution >= 0.6 is 15.9 Å². The van der Waals surface area contributed by atoms with Gasteiger partial charge in [0, 0.05) is 30.3 Å². The average Bonchev–Trinajstić information content (AvgIpc) is 2.16. The normalized spacial score (nSPS) is 10.8. The van der Waals surface area contributed by atoms with Crippen LogP contribution < -0.4 is 10.6 Å². The maximum absolute atomic E-state index is 5.74. The first-order valence-electron chi connectivity index (χ1n) is 5.24. The van der Waals surface area contributed by atoms with Gasteiger partial charge in [0.05, 0.1) is 0 Å². The third kappa shape index (κ3) is 3.50. The molecule has 0 heterocycles. The van der Waals surface area contributed by atoms with Crippen molar-refractivity contribution in [2.45, 2.75) is 20.4 Å². The molecule has 0 unspecified atom stereocenters. The minimum atomic E-state index is 0.581. The summed E-state index contributed by atoms with van der Waals surface area (Å²) in [7, 11) is 2.11. The van der Waals surface area contributed by atoms with E-state index in [0.29, 0.717) is 12.5 Å². The van der Waals surface area contributed by atoms with E-state index >= 15 is 0 Å². The molecule has 1 rings (SSSR count). The predicted octanol–water partition coefficient (Wildman–Crippen LogP) is 3.00. The van der Waals surface area contributed by atoms with Crippen molar-refractivity contribution in [2.24, 2.45) is 11.7 Å². The maximum atomic E-state index is 5.74. The quantitative estimate of drug-likeness (QED) is 0.912. The Balaban J connectivity index is 2.92. The molecule has 0 saturated carbocycles. The molecule has 0 aliphatic heterocycles. The minimum Gasteiger partial charge on any atom is -0.374 e. The van der Waals surface area contributed by atoms with Gasteiger partial charge in [-0.25, -0.2) is 0 Å². The van der Waals surface area contributed by atoms with Gasteiger partial charge in [0.25, 0.3) is 0 Å². The third-order valence-electron chi connectivity index (χ3n) is 2.31.